The first kappa shape index (κ1) is 73.3. The third-order valence-corrected chi connectivity index (χ3v) is 64.8. The molecule has 0 heterocycles. The molecule has 0 fully saturated rings. The third-order valence-electron chi connectivity index (χ3n) is 20.5. The van der Waals surface area contributed by atoms with Crippen molar-refractivity contribution in [2.75, 3.05) is 14.2 Å². The maximum Gasteiger partial charge on any atom is -1.00 e. The Bertz CT molecular complexity index is 3950. The van der Waals surface area contributed by atoms with Crippen LogP contribution in [0.5, 0.6) is 11.5 Å². The molecule has 8 aromatic rings. The normalized spacial score (nSPS) is 17.1. The maximum absolute atomic E-state index is 6.29. The van der Waals surface area contributed by atoms with E-state index in [2.05, 4.69) is 319 Å². The summed E-state index contributed by atoms with van der Waals surface area (Å²) in [7, 11) is 3.71. The molecule has 4 aliphatic carbocycles. The summed E-state index contributed by atoms with van der Waals surface area (Å²) in [5, 5.41) is 0. The number of fused-ring (bicyclic) bond motifs is 4. The van der Waals surface area contributed by atoms with Crippen molar-refractivity contribution in [1.82, 2.24) is 0 Å². The van der Waals surface area contributed by atoms with E-state index in [0.29, 0.717) is 14.5 Å². The van der Waals surface area contributed by atoms with Crippen LogP contribution in [0.2, 0.25) is 26.2 Å². The predicted molar refractivity (Wildman–Crippen MR) is 399 cm³/mol. The van der Waals surface area contributed by atoms with Crippen LogP contribution in [0.1, 0.15) is 192 Å². The molecule has 0 N–H and O–H groups in total. The molecule has 0 aromatic heterocycles. The van der Waals surface area contributed by atoms with Crippen LogP contribution in [0.25, 0.3) is 68.8 Å². The third kappa shape index (κ3) is 14.0. The molecule has 0 radical (unpaired) electrons. The molecular weight excluding hydrogens is 1370 g/mol. The maximum atomic E-state index is 6.29. The van der Waals surface area contributed by atoms with Gasteiger partial charge in [0.15, 0.2) is 0 Å². The fourth-order valence-electron chi connectivity index (χ4n) is 16.0. The molecule has 12 rings (SSSR count). The molecule has 0 spiro atoms. The molecule has 0 saturated heterocycles. The van der Waals surface area contributed by atoms with Crippen LogP contribution in [-0.4, -0.2) is 26.1 Å². The Kier molecular flexibility index (Phi) is 22.2. The van der Waals surface area contributed by atoms with Gasteiger partial charge in [0.1, 0.15) is 0 Å². The molecule has 94 heavy (non-hydrogen) atoms. The topological polar surface area (TPSA) is 18.5 Å². The molecule has 8 heteroatoms. The summed E-state index contributed by atoms with van der Waals surface area (Å²) in [5.41, 5.74) is 34.6. The molecular formula is C86H102Cl2O2Si2Zr2. The summed E-state index contributed by atoms with van der Waals surface area (Å²) in [6, 6.07) is 60.0. The average Bonchev–Trinajstić information content (AvgIpc) is 1.54. The van der Waals surface area contributed by atoms with Crippen molar-refractivity contribution < 1.29 is 76.1 Å². The number of allylic oxidation sites excluding steroid dienone is 4. The Morgan fingerprint density at radius 2 is 0.628 bits per heavy atom. The van der Waals surface area contributed by atoms with Gasteiger partial charge in [-0.2, -0.15) is 0 Å². The fourth-order valence-corrected chi connectivity index (χ4v) is 62.3. The van der Waals surface area contributed by atoms with Crippen molar-refractivity contribution in [2.45, 2.75) is 173 Å². The van der Waals surface area contributed by atoms with E-state index in [4.69, 9.17) is 9.47 Å². The monoisotopic (exact) mass is 1470 g/mol. The predicted octanol–water partition coefficient (Wildman–Crippen LogP) is 17.7. The van der Waals surface area contributed by atoms with Crippen LogP contribution >= 0.6 is 0 Å². The molecule has 0 bridgehead atoms. The minimum atomic E-state index is -2.21. The van der Waals surface area contributed by atoms with Gasteiger partial charge >= 0.3 is 578 Å². The first-order chi connectivity index (χ1) is 43.4. The Morgan fingerprint density at radius 3 is 0.904 bits per heavy atom. The van der Waals surface area contributed by atoms with Crippen molar-refractivity contribution >= 4 is 36.2 Å². The van der Waals surface area contributed by atoms with Gasteiger partial charge in [-0.3, -0.25) is 0 Å². The van der Waals surface area contributed by atoms with E-state index in [0.717, 1.165) is 11.5 Å². The van der Waals surface area contributed by atoms with Gasteiger partial charge in [0, 0.05) is 0 Å². The SMILES string of the molecule is COc1c(C(C)(C)C)cc2c(c1-c1ccccc1)C=C(C)[CH]2[Zr+]([CH]1C(C)=Cc2c(-c3ccc(C(C)(C)C)cc3)cccc21)[SiH](C)C.COc1c(C(C)(C)C)cc2c(c1-c1ccccc1)C=C(C)[CH]2[Zr+]([CH]1C(C)=Cc2c(-c3ccc(C(C)(C)C)cc3)cccc21)[SiH](C)C.[Cl-].[Cl-]. The molecule has 4 unspecified atom stereocenters. The number of benzene rings is 8. The van der Waals surface area contributed by atoms with E-state index in [-0.39, 0.29) is 46.5 Å². The molecule has 4 atom stereocenters. The molecule has 8 aromatic carbocycles. The van der Waals surface area contributed by atoms with Gasteiger partial charge in [-0.05, 0) is 0 Å². The summed E-state index contributed by atoms with van der Waals surface area (Å²) >= 11 is -4.42. The summed E-state index contributed by atoms with van der Waals surface area (Å²) in [4.78, 5) is 0. The Labute approximate surface area is 596 Å². The smallest absolute Gasteiger partial charge is 1.00 e. The fraction of sp³-hybridized carbons (Fsp3) is 0.349. The number of halogens is 2. The number of hydrogen-bond donors (Lipinski definition) is 0. The molecule has 4 aliphatic rings. The average molecular weight is 1480 g/mol. The number of methoxy groups -OCH3 is 2. The zero-order valence-corrected chi connectivity index (χ0v) is 69.1. The minimum absolute atomic E-state index is 0. The summed E-state index contributed by atoms with van der Waals surface area (Å²) < 4.78 is 15.0. The van der Waals surface area contributed by atoms with Gasteiger partial charge in [-0.15, -0.1) is 0 Å². The second-order valence-corrected chi connectivity index (χ2v) is 71.9. The van der Waals surface area contributed by atoms with Crippen LogP contribution in [0.4, 0.5) is 0 Å². The van der Waals surface area contributed by atoms with Crippen LogP contribution in [0.15, 0.2) is 180 Å². The number of rotatable bonds is 12. The largest absolute Gasteiger partial charge is 1.00 e. The summed E-state index contributed by atoms with van der Waals surface area (Å²) in [5.74, 6) is 0.111. The van der Waals surface area contributed by atoms with Crippen molar-refractivity contribution in [3.8, 4) is 56.0 Å². The van der Waals surface area contributed by atoms with Crippen LogP contribution in [-0.2, 0) is 63.5 Å². The first-order valence-corrected chi connectivity index (χ1v) is 54.0. The van der Waals surface area contributed by atoms with E-state index in [9.17, 15) is 0 Å². The van der Waals surface area contributed by atoms with E-state index in [1.165, 1.54) is 89.0 Å². The summed E-state index contributed by atoms with van der Waals surface area (Å²) in [6.07, 6.45) is 10.2. The molecule has 488 valence electrons. The summed E-state index contributed by atoms with van der Waals surface area (Å²) in [6.45, 7) is 48.2. The van der Waals surface area contributed by atoms with Gasteiger partial charge in [0.2, 0.25) is 0 Å². The van der Waals surface area contributed by atoms with Crippen LogP contribution in [0, 0.1) is 0 Å². The molecule has 0 amide bonds. The van der Waals surface area contributed by atoms with Gasteiger partial charge < -0.3 is 24.8 Å². The molecule has 0 saturated carbocycles. The van der Waals surface area contributed by atoms with Gasteiger partial charge in [0.25, 0.3) is 0 Å². The van der Waals surface area contributed by atoms with Gasteiger partial charge in [-0.25, -0.2) is 0 Å². The van der Waals surface area contributed by atoms with Crippen molar-refractivity contribution in [3.63, 3.8) is 0 Å². The number of ether oxygens (including phenoxy) is 2. The number of hydrogen-bond acceptors (Lipinski definition) is 2. The van der Waals surface area contributed by atoms with Crippen LogP contribution in [0.3, 0.4) is 0 Å². The quantitative estimate of drug-likeness (QED) is 0.114. The van der Waals surface area contributed by atoms with E-state index >= 15 is 0 Å². The minimum Gasteiger partial charge on any atom is -1.00 e. The van der Waals surface area contributed by atoms with Crippen molar-refractivity contribution in [3.05, 3.63) is 247 Å². The molecule has 0 aliphatic heterocycles. The Hall–Kier alpha value is -4.90. The second-order valence-electron chi connectivity index (χ2n) is 31.8. The van der Waals surface area contributed by atoms with E-state index in [1.54, 1.807) is 44.5 Å². The van der Waals surface area contributed by atoms with Crippen molar-refractivity contribution in [2.24, 2.45) is 0 Å². The zero-order valence-electron chi connectivity index (χ0n) is 60.4. The van der Waals surface area contributed by atoms with Gasteiger partial charge in [-0.1, -0.05) is 0 Å². The second kappa shape index (κ2) is 28.5. The Morgan fingerprint density at radius 1 is 0.330 bits per heavy atom. The van der Waals surface area contributed by atoms with Gasteiger partial charge in [0.05, 0.1) is 0 Å². The van der Waals surface area contributed by atoms with Crippen LogP contribution < -0.4 is 34.3 Å². The first-order valence-electron chi connectivity index (χ1n) is 34.0. The molecule has 2 nitrogen and oxygen atoms in total. The zero-order chi connectivity index (χ0) is 66.3. The Balaban J connectivity index is 0.000000217. The standard InChI is InChI=1S/2C21H23O.2C20H21.2C2H7Si.2ClH.2Zr/c2*1-14-11-16-13-18(21(2,3)4)20(22-5)19(17(16)12-14)15-9-7-6-8-10-15;2*1-14-12-16-6-5-7-18(19(16)13-14)15-8-10-17(11-9-15)20(2,3)4;2*1-3-2;;;;/h2*6-13H,1-5H3;2*5-13H,1-4H3;2*3H,1-2H3;2*1H;;/q;;;;;;;;2*+1/p-2. The van der Waals surface area contributed by atoms with E-state index in [1.807, 2.05) is 14.2 Å². The van der Waals surface area contributed by atoms with E-state index < -0.39 is 53.7 Å². The van der Waals surface area contributed by atoms with Crippen molar-refractivity contribution in [1.29, 1.82) is 0 Å².